The maximum absolute atomic E-state index is 12.3. The fourth-order valence-electron chi connectivity index (χ4n) is 5.33. The Morgan fingerprint density at radius 3 is 3.17 bits per heavy atom. The lowest BCUT2D eigenvalue weighted by molar-refractivity contribution is -0.121. The van der Waals surface area contributed by atoms with E-state index in [1.165, 1.54) is 4.90 Å². The van der Waals surface area contributed by atoms with Gasteiger partial charge in [-0.25, -0.2) is 9.78 Å². The van der Waals surface area contributed by atoms with Gasteiger partial charge in [-0.1, -0.05) is 0 Å². The molecule has 2 amide bonds. The minimum absolute atomic E-state index is 0.0316. The fraction of sp³-hybridized carbons (Fsp3) is 0.600. The first-order chi connectivity index (χ1) is 14.1. The first-order valence-corrected chi connectivity index (χ1v) is 10.1. The average Bonchev–Trinajstić information content (AvgIpc) is 3.48. The summed E-state index contributed by atoms with van der Waals surface area (Å²) in [6.45, 7) is 2.93. The molecule has 0 aromatic carbocycles. The molecule has 1 spiro atoms. The van der Waals surface area contributed by atoms with Gasteiger partial charge in [0.2, 0.25) is 5.91 Å². The van der Waals surface area contributed by atoms with E-state index in [1.807, 2.05) is 6.07 Å². The molecule has 4 aliphatic heterocycles. The Kier molecular flexibility index (Phi) is 4.32. The molecule has 1 N–H and O–H groups in total. The quantitative estimate of drug-likeness (QED) is 0.771. The van der Waals surface area contributed by atoms with Crippen molar-refractivity contribution in [1.82, 2.24) is 15.2 Å². The smallest absolute Gasteiger partial charge is 0.410 e. The van der Waals surface area contributed by atoms with Crippen LogP contribution in [-0.4, -0.2) is 72.9 Å². The standard InChI is InChI=1S/C20H23N5O4/c21-8-13-2-4-22-17(7-13)25-10-15-14(16-1-3-20(15,12-25)29-16)9-23-18(26)11-24-5-6-28-19(24)27/h2,4,7,14-16H,1,3,5-6,9-12H2,(H,23,26)/t14-,15+,16+,20+/m0/s1. The number of nitrogens with zero attached hydrogens (tertiary/aromatic N) is 4. The third kappa shape index (κ3) is 3.08. The number of amides is 2. The van der Waals surface area contributed by atoms with Crippen molar-refractivity contribution in [3.8, 4) is 6.07 Å². The van der Waals surface area contributed by atoms with Crippen LogP contribution < -0.4 is 10.2 Å². The number of pyridine rings is 1. The van der Waals surface area contributed by atoms with Crippen molar-refractivity contribution < 1.29 is 19.1 Å². The lowest BCUT2D eigenvalue weighted by atomic mass is 9.73. The zero-order chi connectivity index (χ0) is 20.0. The lowest BCUT2D eigenvalue weighted by Crippen LogP contribution is -2.44. The largest absolute Gasteiger partial charge is 0.448 e. The Labute approximate surface area is 168 Å². The second-order valence-electron chi connectivity index (χ2n) is 8.27. The molecule has 5 heterocycles. The minimum atomic E-state index is -0.430. The molecule has 1 aromatic rings. The van der Waals surface area contributed by atoms with Crippen LogP contribution in [0, 0.1) is 23.2 Å². The number of carbonyl (C=O) groups is 2. The monoisotopic (exact) mass is 397 g/mol. The third-order valence-electron chi connectivity index (χ3n) is 6.70. The van der Waals surface area contributed by atoms with E-state index >= 15 is 0 Å². The van der Waals surface area contributed by atoms with Gasteiger partial charge >= 0.3 is 6.09 Å². The molecule has 1 aromatic heterocycles. The minimum Gasteiger partial charge on any atom is -0.448 e. The zero-order valence-electron chi connectivity index (χ0n) is 16.0. The van der Waals surface area contributed by atoms with E-state index in [-0.39, 0.29) is 30.1 Å². The summed E-state index contributed by atoms with van der Waals surface area (Å²) in [6.07, 6.45) is 3.41. The topological polar surface area (TPSA) is 108 Å². The van der Waals surface area contributed by atoms with Crippen molar-refractivity contribution in [3.63, 3.8) is 0 Å². The molecule has 4 atom stereocenters. The number of hydrogen-bond donors (Lipinski definition) is 1. The van der Waals surface area contributed by atoms with Gasteiger partial charge in [0, 0.05) is 37.7 Å². The number of fused-ring (bicyclic) bond motifs is 1. The molecule has 4 saturated heterocycles. The van der Waals surface area contributed by atoms with Gasteiger partial charge in [0.1, 0.15) is 19.0 Å². The van der Waals surface area contributed by atoms with Gasteiger partial charge in [-0.05, 0) is 25.0 Å². The van der Waals surface area contributed by atoms with Crippen LogP contribution in [0.2, 0.25) is 0 Å². The Balaban J connectivity index is 1.24. The van der Waals surface area contributed by atoms with Crippen LogP contribution in [0.25, 0.3) is 0 Å². The molecule has 2 bridgehead atoms. The first-order valence-electron chi connectivity index (χ1n) is 10.1. The second kappa shape index (κ2) is 6.88. The Bertz CT molecular complexity index is 886. The third-order valence-corrected chi connectivity index (χ3v) is 6.70. The molecule has 4 aliphatic rings. The van der Waals surface area contributed by atoms with Gasteiger partial charge in [0.05, 0.1) is 29.9 Å². The Morgan fingerprint density at radius 2 is 2.38 bits per heavy atom. The van der Waals surface area contributed by atoms with E-state index in [9.17, 15) is 9.59 Å². The SMILES string of the molecule is N#Cc1ccnc(N2C[C@@H]3[C@H](CNC(=O)CN4CCOC4=O)[C@H]4CC[C@]3(C2)O4)c1. The summed E-state index contributed by atoms with van der Waals surface area (Å²) in [7, 11) is 0. The molecular weight excluding hydrogens is 374 g/mol. The summed E-state index contributed by atoms with van der Waals surface area (Å²) < 4.78 is 11.3. The summed E-state index contributed by atoms with van der Waals surface area (Å²) in [4.78, 5) is 31.9. The van der Waals surface area contributed by atoms with Crippen LogP contribution in [0.5, 0.6) is 0 Å². The Hall–Kier alpha value is -2.86. The van der Waals surface area contributed by atoms with E-state index in [2.05, 4.69) is 21.3 Å². The maximum atomic E-state index is 12.3. The van der Waals surface area contributed by atoms with Crippen molar-refractivity contribution in [3.05, 3.63) is 23.9 Å². The Morgan fingerprint density at radius 1 is 1.48 bits per heavy atom. The van der Waals surface area contributed by atoms with E-state index in [0.717, 1.165) is 31.7 Å². The van der Waals surface area contributed by atoms with Crippen LogP contribution in [-0.2, 0) is 14.3 Å². The van der Waals surface area contributed by atoms with E-state index in [1.54, 1.807) is 12.3 Å². The lowest BCUT2D eigenvalue weighted by Gasteiger charge is -2.29. The number of nitriles is 1. The normalized spacial score (nSPS) is 32.2. The molecule has 152 valence electrons. The van der Waals surface area contributed by atoms with Gasteiger partial charge < -0.3 is 19.7 Å². The van der Waals surface area contributed by atoms with Crippen LogP contribution >= 0.6 is 0 Å². The number of ether oxygens (including phenoxy) is 2. The van der Waals surface area contributed by atoms with Crippen molar-refractivity contribution in [2.24, 2.45) is 11.8 Å². The number of cyclic esters (lactones) is 1. The van der Waals surface area contributed by atoms with Crippen molar-refractivity contribution >= 4 is 17.8 Å². The number of carbonyl (C=O) groups excluding carboxylic acids is 2. The molecule has 0 radical (unpaired) electrons. The van der Waals surface area contributed by atoms with Gasteiger partial charge in [-0.15, -0.1) is 0 Å². The van der Waals surface area contributed by atoms with Crippen LogP contribution in [0.4, 0.5) is 10.6 Å². The van der Waals surface area contributed by atoms with Crippen molar-refractivity contribution in [2.75, 3.05) is 44.2 Å². The van der Waals surface area contributed by atoms with Gasteiger partial charge in [0.25, 0.3) is 0 Å². The molecular formula is C20H23N5O4. The highest BCUT2D eigenvalue weighted by molar-refractivity contribution is 5.82. The van der Waals surface area contributed by atoms with Crippen LogP contribution in [0.15, 0.2) is 18.3 Å². The molecule has 9 heteroatoms. The number of hydrogen-bond acceptors (Lipinski definition) is 7. The highest BCUT2D eigenvalue weighted by Crippen LogP contribution is 2.55. The zero-order valence-corrected chi connectivity index (χ0v) is 16.0. The highest BCUT2D eigenvalue weighted by Gasteiger charge is 2.63. The van der Waals surface area contributed by atoms with E-state index in [0.29, 0.717) is 31.2 Å². The predicted molar refractivity (Wildman–Crippen MR) is 101 cm³/mol. The molecule has 5 rings (SSSR count). The molecule has 29 heavy (non-hydrogen) atoms. The summed E-state index contributed by atoms with van der Waals surface area (Å²) >= 11 is 0. The fourth-order valence-corrected chi connectivity index (χ4v) is 5.33. The first kappa shape index (κ1) is 18.2. The number of rotatable bonds is 5. The van der Waals surface area contributed by atoms with Crippen LogP contribution in [0.1, 0.15) is 18.4 Å². The predicted octanol–water partition coefficient (Wildman–Crippen LogP) is 0.505. The molecule has 4 fully saturated rings. The summed E-state index contributed by atoms with van der Waals surface area (Å²) in [5.74, 6) is 1.18. The van der Waals surface area contributed by atoms with Gasteiger partial charge in [-0.3, -0.25) is 9.69 Å². The van der Waals surface area contributed by atoms with Crippen LogP contribution in [0.3, 0.4) is 0 Å². The molecule has 9 nitrogen and oxygen atoms in total. The maximum Gasteiger partial charge on any atom is 0.410 e. The van der Waals surface area contributed by atoms with Crippen molar-refractivity contribution in [2.45, 2.75) is 24.5 Å². The van der Waals surface area contributed by atoms with Gasteiger partial charge in [-0.2, -0.15) is 5.26 Å². The number of anilines is 1. The second-order valence-corrected chi connectivity index (χ2v) is 8.27. The number of aromatic nitrogens is 1. The van der Waals surface area contributed by atoms with E-state index < -0.39 is 6.09 Å². The summed E-state index contributed by atoms with van der Waals surface area (Å²) in [5, 5.41) is 12.2. The summed E-state index contributed by atoms with van der Waals surface area (Å²) in [6, 6.07) is 5.68. The average molecular weight is 397 g/mol. The molecule has 0 saturated carbocycles. The highest BCUT2D eigenvalue weighted by atomic mass is 16.6. The van der Waals surface area contributed by atoms with E-state index in [4.69, 9.17) is 14.7 Å². The van der Waals surface area contributed by atoms with Gasteiger partial charge in [0.15, 0.2) is 0 Å². The molecule has 0 unspecified atom stereocenters. The van der Waals surface area contributed by atoms with Crippen molar-refractivity contribution in [1.29, 1.82) is 5.26 Å². The number of nitrogens with one attached hydrogen (secondary N) is 1. The molecule has 0 aliphatic carbocycles. The summed E-state index contributed by atoms with van der Waals surface area (Å²) in [5.41, 5.74) is 0.405.